The van der Waals surface area contributed by atoms with E-state index in [1.54, 1.807) is 51.2 Å². The van der Waals surface area contributed by atoms with E-state index in [1.165, 1.54) is 43.3 Å². The number of fused-ring (bicyclic) bond motifs is 1. The number of methoxy groups -OCH3 is 1. The first-order valence-electron chi connectivity index (χ1n) is 15.8. The van der Waals surface area contributed by atoms with Crippen LogP contribution in [0.4, 0.5) is 26.4 Å². The Morgan fingerprint density at radius 1 is 1.14 bits per heavy atom. The molecule has 4 N–H and O–H groups in total. The van der Waals surface area contributed by atoms with Crippen LogP contribution in [0.25, 0.3) is 10.8 Å². The van der Waals surface area contributed by atoms with Crippen LogP contribution in [0.2, 0.25) is 0 Å². The Kier molecular flexibility index (Phi) is 10.2. The number of carbonyl (C=O) groups excluding carboxylic acids is 1. The van der Waals surface area contributed by atoms with Gasteiger partial charge in [-0.25, -0.2) is 22.6 Å². The first-order valence-corrected chi connectivity index (χ1v) is 17.4. The molecule has 1 saturated heterocycles. The number of carboxylic acid groups (broad SMARTS) is 1. The molecule has 5 rings (SSSR count). The number of hydrogen-bond donors (Lipinski definition) is 3. The number of hydrogen-bond acceptors (Lipinski definition) is 9. The van der Waals surface area contributed by atoms with Crippen LogP contribution in [-0.4, -0.2) is 68.0 Å². The Hall–Kier alpha value is -5.11. The fourth-order valence-electron chi connectivity index (χ4n) is 6.08. The molecule has 0 bridgehead atoms. The minimum Gasteiger partial charge on any atom is -0.493 e. The van der Waals surface area contributed by atoms with Gasteiger partial charge < -0.3 is 30.5 Å². The SMILES string of the molecule is CCOc1cc([C@@H](Nc2ccc3c(N)nccc3c2)C(=O)N2CCC[C@@H]2c2cc(N(C)C(=O)O)ccc2S(=O)(=O)C(C)C)c(F)cc1OC. The van der Waals surface area contributed by atoms with Crippen molar-refractivity contribution in [3.63, 3.8) is 0 Å². The molecule has 1 aliphatic rings. The molecular formula is C35H40FN5O7S. The van der Waals surface area contributed by atoms with E-state index in [-0.39, 0.29) is 40.8 Å². The number of pyridine rings is 1. The lowest BCUT2D eigenvalue weighted by Gasteiger charge is -2.32. The van der Waals surface area contributed by atoms with Crippen molar-refractivity contribution < 1.29 is 37.0 Å². The van der Waals surface area contributed by atoms with E-state index in [2.05, 4.69) is 10.3 Å². The Bertz CT molecular complexity index is 2010. The Balaban J connectivity index is 1.65. The van der Waals surface area contributed by atoms with Crippen molar-refractivity contribution in [2.75, 3.05) is 43.3 Å². The third kappa shape index (κ3) is 6.91. The van der Waals surface area contributed by atoms with Crippen molar-refractivity contribution in [1.29, 1.82) is 0 Å². The Morgan fingerprint density at radius 2 is 1.90 bits per heavy atom. The highest BCUT2D eigenvalue weighted by Gasteiger charge is 2.39. The fraction of sp³-hybridized carbons (Fsp3) is 0.343. The summed E-state index contributed by atoms with van der Waals surface area (Å²) in [7, 11) is -1.11. The summed E-state index contributed by atoms with van der Waals surface area (Å²) in [6.45, 7) is 5.40. The van der Waals surface area contributed by atoms with E-state index >= 15 is 4.39 Å². The first-order chi connectivity index (χ1) is 23.3. The van der Waals surface area contributed by atoms with E-state index in [9.17, 15) is 23.1 Å². The van der Waals surface area contributed by atoms with Gasteiger partial charge in [-0.05, 0) is 93.1 Å². The van der Waals surface area contributed by atoms with Crippen LogP contribution < -0.4 is 25.4 Å². The van der Waals surface area contributed by atoms with Gasteiger partial charge in [-0.1, -0.05) is 0 Å². The lowest BCUT2D eigenvalue weighted by Crippen LogP contribution is -2.38. The standard InChI is InChI=1S/C35H40FN5O7S/c1-6-48-30-18-25(27(36)19-29(30)47-5)32(39-22-9-11-24-21(16-22)13-14-38-33(24)37)34(42)41-15-7-8-28(41)26-17-23(40(4)35(43)44)10-12-31(26)49(45,46)20(2)3/h9-14,16-20,28,32,39H,6-8,15H2,1-5H3,(H2,37,38)(H,43,44)/t28-,32-/m1/s1. The Labute approximate surface area is 284 Å². The number of halogens is 1. The maximum absolute atomic E-state index is 16.0. The molecule has 1 fully saturated rings. The number of likely N-dealkylation sites (tertiary alicyclic amines) is 1. The zero-order valence-corrected chi connectivity index (χ0v) is 28.8. The van der Waals surface area contributed by atoms with Crippen molar-refractivity contribution in [3.05, 3.63) is 77.7 Å². The lowest BCUT2D eigenvalue weighted by molar-refractivity contribution is -0.133. The summed E-state index contributed by atoms with van der Waals surface area (Å²) in [5.74, 6) is -0.504. The van der Waals surface area contributed by atoms with Gasteiger partial charge in [-0.3, -0.25) is 9.69 Å². The van der Waals surface area contributed by atoms with Crippen LogP contribution in [0.5, 0.6) is 11.5 Å². The molecule has 2 amide bonds. The topological polar surface area (TPSA) is 164 Å². The molecule has 2 atom stereocenters. The number of ether oxygens (including phenoxy) is 2. The molecule has 3 aromatic carbocycles. The second-order valence-electron chi connectivity index (χ2n) is 12.0. The molecule has 4 aromatic rings. The van der Waals surface area contributed by atoms with Gasteiger partial charge in [0.05, 0.1) is 29.9 Å². The number of amides is 2. The molecule has 2 heterocycles. The van der Waals surface area contributed by atoms with E-state index < -0.39 is 45.0 Å². The predicted molar refractivity (Wildman–Crippen MR) is 186 cm³/mol. The van der Waals surface area contributed by atoms with Gasteiger partial charge in [0.1, 0.15) is 17.7 Å². The normalized spacial score (nSPS) is 15.3. The van der Waals surface area contributed by atoms with Gasteiger partial charge in [0, 0.05) is 48.2 Å². The molecule has 12 nitrogen and oxygen atoms in total. The molecule has 1 aliphatic heterocycles. The van der Waals surface area contributed by atoms with Crippen molar-refractivity contribution in [1.82, 2.24) is 9.88 Å². The van der Waals surface area contributed by atoms with Gasteiger partial charge in [0.15, 0.2) is 21.3 Å². The van der Waals surface area contributed by atoms with E-state index in [4.69, 9.17) is 15.2 Å². The number of nitrogen functional groups attached to an aromatic ring is 1. The molecule has 1 aromatic heterocycles. The van der Waals surface area contributed by atoms with Crippen LogP contribution in [0, 0.1) is 5.82 Å². The van der Waals surface area contributed by atoms with Crippen molar-refractivity contribution in [2.24, 2.45) is 0 Å². The van der Waals surface area contributed by atoms with Crippen molar-refractivity contribution in [2.45, 2.75) is 55.8 Å². The molecule has 260 valence electrons. The monoisotopic (exact) mass is 693 g/mol. The quantitative estimate of drug-likeness (QED) is 0.165. The second-order valence-corrected chi connectivity index (χ2v) is 14.5. The maximum atomic E-state index is 16.0. The van der Waals surface area contributed by atoms with E-state index in [1.807, 2.05) is 0 Å². The minimum absolute atomic E-state index is 0.00855. The average Bonchev–Trinajstić information content (AvgIpc) is 3.57. The summed E-state index contributed by atoms with van der Waals surface area (Å²) >= 11 is 0. The number of nitrogens with zero attached hydrogens (tertiary/aromatic N) is 3. The molecule has 0 saturated carbocycles. The summed E-state index contributed by atoms with van der Waals surface area (Å²) in [4.78, 5) is 33.3. The number of anilines is 3. The Morgan fingerprint density at radius 3 is 2.57 bits per heavy atom. The number of carbonyl (C=O) groups is 2. The van der Waals surface area contributed by atoms with E-state index in [0.717, 1.165) is 16.4 Å². The number of benzene rings is 3. The molecule has 14 heteroatoms. The highest BCUT2D eigenvalue weighted by atomic mass is 32.2. The maximum Gasteiger partial charge on any atom is 0.411 e. The first kappa shape index (κ1) is 35.2. The third-order valence-electron chi connectivity index (χ3n) is 8.74. The summed E-state index contributed by atoms with van der Waals surface area (Å²) in [5.41, 5.74) is 7.07. The van der Waals surface area contributed by atoms with Gasteiger partial charge in [-0.2, -0.15) is 0 Å². The highest BCUT2D eigenvalue weighted by Crippen LogP contribution is 2.42. The number of rotatable bonds is 11. The molecular weight excluding hydrogens is 653 g/mol. The number of nitrogens with one attached hydrogen (secondary N) is 1. The molecule has 0 aliphatic carbocycles. The summed E-state index contributed by atoms with van der Waals surface area (Å²) in [6.07, 6.45) is 1.26. The summed E-state index contributed by atoms with van der Waals surface area (Å²) in [5, 5.41) is 13.6. The van der Waals surface area contributed by atoms with Crippen molar-refractivity contribution in [3.8, 4) is 11.5 Å². The molecule has 0 radical (unpaired) electrons. The predicted octanol–water partition coefficient (Wildman–Crippen LogP) is 6.18. The molecule has 49 heavy (non-hydrogen) atoms. The smallest absolute Gasteiger partial charge is 0.411 e. The largest absolute Gasteiger partial charge is 0.493 e. The second kappa shape index (κ2) is 14.2. The van der Waals surface area contributed by atoms with Crippen molar-refractivity contribution >= 4 is 49.8 Å². The average molecular weight is 694 g/mol. The van der Waals surface area contributed by atoms with Crippen LogP contribution >= 0.6 is 0 Å². The van der Waals surface area contributed by atoms with Crippen LogP contribution in [0.15, 0.2) is 65.7 Å². The highest BCUT2D eigenvalue weighted by molar-refractivity contribution is 7.92. The van der Waals surface area contributed by atoms with Gasteiger partial charge >= 0.3 is 6.09 Å². The zero-order valence-electron chi connectivity index (χ0n) is 27.9. The summed E-state index contributed by atoms with van der Waals surface area (Å²) < 4.78 is 54.3. The van der Waals surface area contributed by atoms with Crippen LogP contribution in [0.3, 0.4) is 0 Å². The minimum atomic E-state index is -3.85. The third-order valence-corrected chi connectivity index (χ3v) is 11.0. The number of sulfone groups is 1. The molecule has 0 spiro atoms. The number of nitrogens with two attached hydrogens (primary N) is 1. The summed E-state index contributed by atoms with van der Waals surface area (Å²) in [6, 6.07) is 11.9. The molecule has 0 unspecified atom stereocenters. The fourth-order valence-corrected chi connectivity index (χ4v) is 7.37. The van der Waals surface area contributed by atoms with E-state index in [0.29, 0.717) is 35.3 Å². The zero-order chi connectivity index (χ0) is 35.6. The lowest BCUT2D eigenvalue weighted by atomic mass is 9.99. The van der Waals surface area contributed by atoms with Gasteiger partial charge in [0.2, 0.25) is 5.91 Å². The van der Waals surface area contributed by atoms with Gasteiger partial charge in [-0.15, -0.1) is 0 Å². The van der Waals surface area contributed by atoms with Crippen LogP contribution in [0.1, 0.15) is 56.8 Å². The van der Waals surface area contributed by atoms with Crippen LogP contribution in [-0.2, 0) is 14.6 Å². The van der Waals surface area contributed by atoms with Gasteiger partial charge in [0.25, 0.3) is 0 Å². The number of aromatic nitrogens is 1.